The number of nitrogens with one attached hydrogen (secondary N) is 2. The van der Waals surface area contributed by atoms with Crippen LogP contribution in [0.1, 0.15) is 44.2 Å². The fourth-order valence-electron chi connectivity index (χ4n) is 4.34. The highest BCUT2D eigenvalue weighted by molar-refractivity contribution is 6.05. The van der Waals surface area contributed by atoms with Crippen molar-refractivity contribution in [3.8, 4) is 22.8 Å². The van der Waals surface area contributed by atoms with Crippen molar-refractivity contribution in [3.63, 3.8) is 0 Å². The summed E-state index contributed by atoms with van der Waals surface area (Å²) in [6, 6.07) is 17.3. The van der Waals surface area contributed by atoms with Crippen LogP contribution in [0.15, 0.2) is 54.6 Å². The molecule has 2 aromatic carbocycles. The Hall–Kier alpha value is -3.32. The molecular weight excluding hydrogens is 390 g/mol. The van der Waals surface area contributed by atoms with Crippen LogP contribution in [0.3, 0.4) is 0 Å². The Balaban J connectivity index is 1.69. The van der Waals surface area contributed by atoms with E-state index in [4.69, 9.17) is 21.0 Å². The molecule has 2 atom stereocenters. The van der Waals surface area contributed by atoms with Gasteiger partial charge in [0.1, 0.15) is 28.8 Å². The van der Waals surface area contributed by atoms with Crippen LogP contribution < -0.4 is 15.8 Å². The summed E-state index contributed by atoms with van der Waals surface area (Å²) in [4.78, 5) is 0. The Kier molecular flexibility index (Phi) is 5.69. The maximum absolute atomic E-state index is 10.6. The standard InChI is InChI=1S/C24H29N5O2/c1-24(30)14-6-7-17(15-24)29-23(27-2)20(22(25)26)21(28-29)16-10-12-19(13-11-16)31-18-8-4-3-5-9-18/h3-5,8-13,17,27,30H,6-7,14-15H2,1-2H3,(H3,25,26)/t17?,24-/m0/s1. The number of rotatable bonds is 6. The molecule has 0 radical (unpaired) electrons. The quantitative estimate of drug-likeness (QED) is 0.347. The van der Waals surface area contributed by atoms with Crippen LogP contribution in [-0.2, 0) is 0 Å². The fraction of sp³-hybridized carbons (Fsp3) is 0.333. The number of nitrogens with zero attached hydrogens (tertiary/aromatic N) is 2. The molecule has 162 valence electrons. The number of aromatic nitrogens is 2. The van der Waals surface area contributed by atoms with Gasteiger partial charge in [-0.15, -0.1) is 0 Å². The van der Waals surface area contributed by atoms with Gasteiger partial charge in [-0.3, -0.25) is 5.41 Å². The molecule has 31 heavy (non-hydrogen) atoms. The molecule has 0 bridgehead atoms. The van der Waals surface area contributed by atoms with Gasteiger partial charge in [-0.25, -0.2) is 4.68 Å². The largest absolute Gasteiger partial charge is 0.457 e. The highest BCUT2D eigenvalue weighted by Gasteiger charge is 2.34. The summed E-state index contributed by atoms with van der Waals surface area (Å²) in [5, 5.41) is 26.8. The monoisotopic (exact) mass is 419 g/mol. The second-order valence-electron chi connectivity index (χ2n) is 8.37. The molecule has 7 nitrogen and oxygen atoms in total. The minimum Gasteiger partial charge on any atom is -0.457 e. The van der Waals surface area contributed by atoms with Crippen LogP contribution in [-0.4, -0.2) is 33.4 Å². The first-order valence-electron chi connectivity index (χ1n) is 10.6. The molecule has 1 heterocycles. The molecule has 1 unspecified atom stereocenters. The molecule has 1 fully saturated rings. The molecule has 1 saturated carbocycles. The van der Waals surface area contributed by atoms with E-state index in [2.05, 4.69) is 5.32 Å². The molecule has 0 saturated heterocycles. The van der Waals surface area contributed by atoms with E-state index < -0.39 is 5.60 Å². The van der Waals surface area contributed by atoms with Crippen LogP contribution in [0.2, 0.25) is 0 Å². The highest BCUT2D eigenvalue weighted by atomic mass is 16.5. The lowest BCUT2D eigenvalue weighted by Gasteiger charge is -2.34. The molecule has 0 aliphatic heterocycles. The number of anilines is 1. The summed E-state index contributed by atoms with van der Waals surface area (Å²) < 4.78 is 7.78. The van der Waals surface area contributed by atoms with Crippen LogP contribution in [0.4, 0.5) is 5.82 Å². The van der Waals surface area contributed by atoms with Crippen molar-refractivity contribution >= 4 is 11.7 Å². The molecule has 5 N–H and O–H groups in total. The van der Waals surface area contributed by atoms with Gasteiger partial charge in [0.05, 0.1) is 17.2 Å². The molecule has 1 aliphatic carbocycles. The molecular formula is C24H29N5O2. The van der Waals surface area contributed by atoms with Crippen LogP contribution in [0.5, 0.6) is 11.5 Å². The van der Waals surface area contributed by atoms with Gasteiger partial charge < -0.3 is 20.9 Å². The maximum atomic E-state index is 10.6. The smallest absolute Gasteiger partial charge is 0.136 e. The van der Waals surface area contributed by atoms with Gasteiger partial charge in [0.15, 0.2) is 0 Å². The second-order valence-corrected chi connectivity index (χ2v) is 8.37. The van der Waals surface area contributed by atoms with Crippen molar-refractivity contribution in [1.82, 2.24) is 9.78 Å². The van der Waals surface area contributed by atoms with Crippen molar-refractivity contribution in [2.75, 3.05) is 12.4 Å². The van der Waals surface area contributed by atoms with Crippen molar-refractivity contribution in [2.24, 2.45) is 5.73 Å². The van der Waals surface area contributed by atoms with Crippen LogP contribution in [0, 0.1) is 5.41 Å². The average molecular weight is 420 g/mol. The van der Waals surface area contributed by atoms with Crippen molar-refractivity contribution in [2.45, 2.75) is 44.2 Å². The average Bonchev–Trinajstić information content (AvgIpc) is 3.14. The van der Waals surface area contributed by atoms with Gasteiger partial charge in [0.2, 0.25) is 0 Å². The molecule has 0 spiro atoms. The molecule has 0 amide bonds. The van der Waals surface area contributed by atoms with Crippen LogP contribution >= 0.6 is 0 Å². The third-order valence-electron chi connectivity index (χ3n) is 5.80. The number of para-hydroxylation sites is 1. The Labute approximate surface area is 182 Å². The zero-order valence-corrected chi connectivity index (χ0v) is 17.9. The van der Waals surface area contributed by atoms with E-state index in [9.17, 15) is 5.11 Å². The number of hydrogen-bond donors (Lipinski definition) is 4. The van der Waals surface area contributed by atoms with E-state index in [1.807, 2.05) is 73.3 Å². The van der Waals surface area contributed by atoms with E-state index in [0.29, 0.717) is 23.5 Å². The van der Waals surface area contributed by atoms with Crippen molar-refractivity contribution < 1.29 is 9.84 Å². The predicted molar refractivity (Wildman–Crippen MR) is 123 cm³/mol. The summed E-state index contributed by atoms with van der Waals surface area (Å²) >= 11 is 0. The first-order valence-corrected chi connectivity index (χ1v) is 10.6. The number of ether oxygens (including phenoxy) is 1. The highest BCUT2D eigenvalue weighted by Crippen LogP contribution is 2.39. The molecule has 7 heteroatoms. The Bertz CT molecular complexity index is 1060. The van der Waals surface area contributed by atoms with Gasteiger partial charge in [0.25, 0.3) is 0 Å². The van der Waals surface area contributed by atoms with E-state index in [1.54, 1.807) is 0 Å². The van der Waals surface area contributed by atoms with E-state index in [0.717, 1.165) is 36.3 Å². The number of nitrogen functional groups attached to an aromatic ring is 1. The van der Waals surface area contributed by atoms with Gasteiger partial charge in [-0.05, 0) is 69.0 Å². The minimum absolute atomic E-state index is 0.0405. The summed E-state index contributed by atoms with van der Waals surface area (Å²) in [7, 11) is 1.81. The van der Waals surface area contributed by atoms with E-state index in [-0.39, 0.29) is 11.9 Å². The lowest BCUT2D eigenvalue weighted by Crippen LogP contribution is -2.33. The van der Waals surface area contributed by atoms with E-state index in [1.165, 1.54) is 0 Å². The Morgan fingerprint density at radius 3 is 2.48 bits per heavy atom. The third kappa shape index (κ3) is 4.41. The van der Waals surface area contributed by atoms with Gasteiger partial charge in [0, 0.05) is 12.6 Å². The minimum atomic E-state index is -0.715. The number of benzene rings is 2. The fourth-order valence-corrected chi connectivity index (χ4v) is 4.34. The second kappa shape index (κ2) is 8.43. The van der Waals surface area contributed by atoms with Crippen molar-refractivity contribution in [3.05, 3.63) is 60.2 Å². The SMILES string of the molecule is CNc1c(C(=N)N)c(-c2ccc(Oc3ccccc3)cc2)nn1C1CCC[C@](C)(O)C1. The number of aliphatic hydroxyl groups is 1. The van der Waals surface area contributed by atoms with E-state index >= 15 is 0 Å². The zero-order chi connectivity index (χ0) is 22.0. The number of amidine groups is 1. The Morgan fingerprint density at radius 2 is 1.87 bits per heavy atom. The third-order valence-corrected chi connectivity index (χ3v) is 5.80. The summed E-state index contributed by atoms with van der Waals surface area (Å²) in [5.41, 5.74) is 7.33. The predicted octanol–water partition coefficient (Wildman–Crippen LogP) is 4.53. The molecule has 3 aromatic rings. The van der Waals surface area contributed by atoms with Gasteiger partial charge in [-0.2, -0.15) is 5.10 Å². The summed E-state index contributed by atoms with van der Waals surface area (Å²) in [6.07, 6.45) is 3.25. The van der Waals surface area contributed by atoms with Crippen LogP contribution in [0.25, 0.3) is 11.3 Å². The zero-order valence-electron chi connectivity index (χ0n) is 17.9. The molecule has 4 rings (SSSR count). The van der Waals surface area contributed by atoms with Gasteiger partial charge >= 0.3 is 0 Å². The summed E-state index contributed by atoms with van der Waals surface area (Å²) in [5.74, 6) is 2.15. The lowest BCUT2D eigenvalue weighted by molar-refractivity contribution is 0.00223. The summed E-state index contributed by atoms with van der Waals surface area (Å²) in [6.45, 7) is 1.87. The first-order chi connectivity index (χ1) is 14.9. The topological polar surface area (TPSA) is 109 Å². The molecule has 1 aromatic heterocycles. The maximum Gasteiger partial charge on any atom is 0.136 e. The lowest BCUT2D eigenvalue weighted by atomic mass is 9.83. The Morgan fingerprint density at radius 1 is 1.19 bits per heavy atom. The number of nitrogens with two attached hydrogens (primary N) is 1. The van der Waals surface area contributed by atoms with Gasteiger partial charge in [-0.1, -0.05) is 18.2 Å². The first kappa shape index (κ1) is 20.9. The molecule has 1 aliphatic rings. The number of hydrogen-bond acceptors (Lipinski definition) is 5. The van der Waals surface area contributed by atoms with Crippen molar-refractivity contribution in [1.29, 1.82) is 5.41 Å². The normalized spacial score (nSPS) is 20.9.